The molecule has 1 aromatic carbocycles. The van der Waals surface area contributed by atoms with Crippen LogP contribution in [0.4, 0.5) is 5.69 Å². The highest BCUT2D eigenvalue weighted by Gasteiger charge is 2.69. The van der Waals surface area contributed by atoms with Crippen molar-refractivity contribution in [1.29, 1.82) is 0 Å². The highest BCUT2D eigenvalue weighted by molar-refractivity contribution is 14.1. The van der Waals surface area contributed by atoms with Gasteiger partial charge in [0.2, 0.25) is 0 Å². The lowest BCUT2D eigenvalue weighted by molar-refractivity contribution is -0.152. The first kappa shape index (κ1) is 15.9. The van der Waals surface area contributed by atoms with E-state index in [1.807, 2.05) is 12.1 Å². The van der Waals surface area contributed by atoms with Crippen LogP contribution in [0.15, 0.2) is 24.3 Å². The van der Waals surface area contributed by atoms with Crippen LogP contribution in [-0.4, -0.2) is 22.8 Å². The van der Waals surface area contributed by atoms with Crippen LogP contribution in [0.25, 0.3) is 0 Å². The Morgan fingerprint density at radius 1 is 1.35 bits per heavy atom. The van der Waals surface area contributed by atoms with E-state index in [-0.39, 0.29) is 6.61 Å². The lowest BCUT2D eigenvalue weighted by atomic mass is 10.1. The van der Waals surface area contributed by atoms with Gasteiger partial charge in [-0.15, -0.1) is 23.2 Å². The summed E-state index contributed by atoms with van der Waals surface area (Å²) in [5.41, 5.74) is -0.271. The van der Waals surface area contributed by atoms with Gasteiger partial charge in [0.1, 0.15) is 9.75 Å². The van der Waals surface area contributed by atoms with E-state index in [4.69, 9.17) is 27.9 Å². The van der Waals surface area contributed by atoms with Gasteiger partial charge in [0, 0.05) is 15.7 Å². The van der Waals surface area contributed by atoms with Crippen molar-refractivity contribution in [3.8, 4) is 0 Å². The monoisotopic (exact) mass is 427 g/mol. The molecular weight excluding hydrogens is 416 g/mol. The van der Waals surface area contributed by atoms with E-state index in [0.29, 0.717) is 12.1 Å². The van der Waals surface area contributed by atoms with Gasteiger partial charge < -0.3 is 10.1 Å². The summed E-state index contributed by atoms with van der Waals surface area (Å²) in [6.45, 7) is 1.26. The first-order valence-corrected chi connectivity index (χ1v) is 7.68. The molecule has 1 unspecified atom stereocenters. The number of esters is 1. The van der Waals surface area contributed by atoms with E-state index >= 15 is 0 Å². The molecule has 1 fully saturated rings. The molecule has 1 aromatic rings. The van der Waals surface area contributed by atoms with E-state index in [1.54, 1.807) is 19.1 Å². The minimum atomic E-state index is -1.09. The Bertz CT molecular complexity index is 547. The average Bonchev–Trinajstić information content (AvgIpc) is 2.90. The Kier molecular flexibility index (Phi) is 4.51. The van der Waals surface area contributed by atoms with Gasteiger partial charge in [-0.1, -0.05) is 0 Å². The molecule has 1 N–H and O–H groups in total. The molecule has 0 radical (unpaired) electrons. The van der Waals surface area contributed by atoms with Crippen molar-refractivity contribution in [1.82, 2.24) is 0 Å². The standard InChI is InChI=1S/C13H12Cl2INO3/c1-12(7-13(12,14)15)11(19)20-6-10(18)17-9-4-2-8(16)3-5-9/h2-5H,6-7H2,1H3,(H,17,18). The summed E-state index contributed by atoms with van der Waals surface area (Å²) in [7, 11) is 0. The summed E-state index contributed by atoms with van der Waals surface area (Å²) in [5.74, 6) is -0.959. The van der Waals surface area contributed by atoms with Crippen LogP contribution < -0.4 is 5.32 Å². The molecule has 1 atom stereocenters. The normalized spacial score (nSPS) is 23.0. The number of benzene rings is 1. The van der Waals surface area contributed by atoms with Gasteiger partial charge in [0.05, 0.1) is 0 Å². The summed E-state index contributed by atoms with van der Waals surface area (Å²) in [5, 5.41) is 2.63. The van der Waals surface area contributed by atoms with Gasteiger partial charge in [-0.3, -0.25) is 9.59 Å². The summed E-state index contributed by atoms with van der Waals surface area (Å²) in [4.78, 5) is 23.4. The summed E-state index contributed by atoms with van der Waals surface area (Å²) in [6.07, 6.45) is 0.334. The molecule has 1 aliphatic rings. The molecule has 0 aromatic heterocycles. The van der Waals surface area contributed by atoms with Crippen molar-refractivity contribution >= 4 is 63.4 Å². The third-order valence-corrected chi connectivity index (χ3v) is 4.99. The topological polar surface area (TPSA) is 55.4 Å². The molecule has 0 bridgehead atoms. The number of nitrogens with one attached hydrogen (secondary N) is 1. The molecule has 1 amide bonds. The fraction of sp³-hybridized carbons (Fsp3) is 0.385. The quantitative estimate of drug-likeness (QED) is 0.455. The predicted molar refractivity (Wildman–Crippen MR) is 85.9 cm³/mol. The molecule has 0 saturated heterocycles. The minimum absolute atomic E-state index is 0.334. The number of carbonyl (C=O) groups excluding carboxylic acids is 2. The van der Waals surface area contributed by atoms with E-state index in [0.717, 1.165) is 3.57 Å². The Labute approximate surface area is 140 Å². The number of hydrogen-bond acceptors (Lipinski definition) is 3. The molecule has 1 saturated carbocycles. The van der Waals surface area contributed by atoms with Crippen molar-refractivity contribution in [3.63, 3.8) is 0 Å². The zero-order chi connectivity index (χ0) is 15.0. The van der Waals surface area contributed by atoms with Crippen LogP contribution in [-0.2, 0) is 14.3 Å². The van der Waals surface area contributed by atoms with E-state index < -0.39 is 21.6 Å². The van der Waals surface area contributed by atoms with E-state index in [1.165, 1.54) is 0 Å². The third-order valence-electron chi connectivity index (χ3n) is 3.17. The summed E-state index contributed by atoms with van der Waals surface area (Å²) in [6, 6.07) is 7.27. The maximum Gasteiger partial charge on any atom is 0.315 e. The van der Waals surface area contributed by atoms with Crippen molar-refractivity contribution < 1.29 is 14.3 Å². The minimum Gasteiger partial charge on any atom is -0.455 e. The molecule has 20 heavy (non-hydrogen) atoms. The highest BCUT2D eigenvalue weighted by atomic mass is 127. The van der Waals surface area contributed by atoms with Crippen molar-refractivity contribution in [2.45, 2.75) is 17.7 Å². The van der Waals surface area contributed by atoms with Crippen LogP contribution in [0.5, 0.6) is 0 Å². The fourth-order valence-corrected chi connectivity index (χ4v) is 2.69. The van der Waals surface area contributed by atoms with Crippen LogP contribution >= 0.6 is 45.8 Å². The Morgan fingerprint density at radius 2 is 1.90 bits per heavy atom. The highest BCUT2D eigenvalue weighted by Crippen LogP contribution is 2.64. The number of rotatable bonds is 4. The lowest BCUT2D eigenvalue weighted by Crippen LogP contribution is -2.26. The van der Waals surface area contributed by atoms with Crippen LogP contribution in [0.1, 0.15) is 13.3 Å². The number of carbonyl (C=O) groups is 2. The van der Waals surface area contributed by atoms with Crippen molar-refractivity contribution in [2.24, 2.45) is 5.41 Å². The number of amides is 1. The molecule has 0 spiro atoms. The summed E-state index contributed by atoms with van der Waals surface area (Å²) >= 11 is 13.9. The maximum atomic E-state index is 11.8. The molecule has 0 aliphatic heterocycles. The second-order valence-electron chi connectivity index (χ2n) is 4.84. The van der Waals surface area contributed by atoms with Crippen molar-refractivity contribution in [3.05, 3.63) is 27.8 Å². The number of ether oxygens (including phenoxy) is 1. The zero-order valence-electron chi connectivity index (χ0n) is 10.6. The fourth-order valence-electron chi connectivity index (χ4n) is 1.64. The van der Waals surface area contributed by atoms with Crippen molar-refractivity contribution in [2.75, 3.05) is 11.9 Å². The third kappa shape index (κ3) is 3.38. The van der Waals surface area contributed by atoms with Crippen LogP contribution in [0, 0.1) is 8.99 Å². The van der Waals surface area contributed by atoms with Crippen LogP contribution in [0.3, 0.4) is 0 Å². The van der Waals surface area contributed by atoms with E-state index in [9.17, 15) is 9.59 Å². The molecule has 1 aliphatic carbocycles. The zero-order valence-corrected chi connectivity index (χ0v) is 14.3. The number of hydrogen-bond donors (Lipinski definition) is 1. The Hall–Kier alpha value is -0.530. The molecule has 0 heterocycles. The SMILES string of the molecule is CC1(C(=O)OCC(=O)Nc2ccc(I)cc2)CC1(Cl)Cl. The average molecular weight is 428 g/mol. The van der Waals surface area contributed by atoms with Gasteiger partial charge in [-0.05, 0) is 53.8 Å². The lowest BCUT2D eigenvalue weighted by Gasteiger charge is -2.11. The number of alkyl halides is 2. The van der Waals surface area contributed by atoms with Gasteiger partial charge in [-0.25, -0.2) is 0 Å². The Morgan fingerprint density at radius 3 is 2.40 bits per heavy atom. The first-order chi connectivity index (χ1) is 9.24. The van der Waals surface area contributed by atoms with Gasteiger partial charge in [0.15, 0.2) is 6.61 Å². The largest absolute Gasteiger partial charge is 0.455 e. The van der Waals surface area contributed by atoms with Gasteiger partial charge in [-0.2, -0.15) is 0 Å². The van der Waals surface area contributed by atoms with E-state index in [2.05, 4.69) is 27.9 Å². The predicted octanol–water partition coefficient (Wildman–Crippen LogP) is 3.36. The second-order valence-corrected chi connectivity index (χ2v) is 7.57. The molecule has 7 heteroatoms. The second kappa shape index (κ2) is 5.69. The van der Waals surface area contributed by atoms with Gasteiger partial charge in [0.25, 0.3) is 5.91 Å². The Balaban J connectivity index is 1.81. The maximum absolute atomic E-state index is 11.8. The molecule has 2 rings (SSSR count). The molecule has 4 nitrogen and oxygen atoms in total. The smallest absolute Gasteiger partial charge is 0.315 e. The molecular formula is C13H12Cl2INO3. The van der Waals surface area contributed by atoms with Gasteiger partial charge >= 0.3 is 5.97 Å². The van der Waals surface area contributed by atoms with Crippen LogP contribution in [0.2, 0.25) is 0 Å². The number of halogens is 3. The first-order valence-electron chi connectivity index (χ1n) is 5.85. The summed E-state index contributed by atoms with van der Waals surface area (Å²) < 4.78 is 4.92. The molecule has 108 valence electrons. The number of anilines is 1.